The molecule has 0 amide bonds. The molecule has 2 unspecified atom stereocenters. The van der Waals surface area contributed by atoms with E-state index in [0.29, 0.717) is 6.04 Å². The Morgan fingerprint density at radius 3 is 2.37 bits per heavy atom. The van der Waals surface area contributed by atoms with E-state index in [2.05, 4.69) is 29.2 Å². The van der Waals surface area contributed by atoms with Crippen molar-refractivity contribution in [2.45, 2.75) is 69.1 Å². The lowest BCUT2D eigenvalue weighted by atomic mass is 9.96. The number of hydrogen-bond donors (Lipinski definition) is 1. The lowest BCUT2D eigenvalue weighted by molar-refractivity contribution is 0.119. The first-order valence-electron chi connectivity index (χ1n) is 7.90. The van der Waals surface area contributed by atoms with Crippen LogP contribution in [0.15, 0.2) is 24.3 Å². The van der Waals surface area contributed by atoms with Gasteiger partial charge in [0.25, 0.3) is 0 Å². The number of fused-ring (bicyclic) bond motifs is 2. The monoisotopic (exact) mass is 256 g/mol. The molecule has 0 aromatic heterocycles. The zero-order valence-corrected chi connectivity index (χ0v) is 11.6. The molecule has 2 heteroatoms. The molecule has 0 spiro atoms. The summed E-state index contributed by atoms with van der Waals surface area (Å²) in [5.41, 5.74) is 9.38. The molecule has 102 valence electrons. The van der Waals surface area contributed by atoms with Crippen molar-refractivity contribution in [2.24, 2.45) is 5.73 Å². The van der Waals surface area contributed by atoms with E-state index in [4.69, 9.17) is 5.73 Å². The molecular formula is C17H24N2. The SMILES string of the molecule is NC1CC2CCC(C1)N2Cc1ccccc1C1CC1. The van der Waals surface area contributed by atoms with Gasteiger partial charge in [0.05, 0.1) is 0 Å². The quantitative estimate of drug-likeness (QED) is 0.900. The van der Waals surface area contributed by atoms with Crippen molar-refractivity contribution in [3.8, 4) is 0 Å². The first-order valence-corrected chi connectivity index (χ1v) is 7.90. The topological polar surface area (TPSA) is 29.3 Å². The second-order valence-electron chi connectivity index (χ2n) is 6.76. The van der Waals surface area contributed by atoms with E-state index < -0.39 is 0 Å². The average Bonchev–Trinajstić information content (AvgIpc) is 3.20. The fraction of sp³-hybridized carbons (Fsp3) is 0.647. The summed E-state index contributed by atoms with van der Waals surface area (Å²) >= 11 is 0. The van der Waals surface area contributed by atoms with Crippen LogP contribution in [0.4, 0.5) is 0 Å². The largest absolute Gasteiger partial charge is 0.328 e. The smallest absolute Gasteiger partial charge is 0.0242 e. The van der Waals surface area contributed by atoms with Crippen LogP contribution in [0.3, 0.4) is 0 Å². The van der Waals surface area contributed by atoms with Crippen LogP contribution >= 0.6 is 0 Å². The van der Waals surface area contributed by atoms with Crippen molar-refractivity contribution in [2.75, 3.05) is 0 Å². The van der Waals surface area contributed by atoms with E-state index in [0.717, 1.165) is 24.5 Å². The number of nitrogens with zero attached hydrogens (tertiary/aromatic N) is 1. The van der Waals surface area contributed by atoms with Crippen LogP contribution in [-0.4, -0.2) is 23.0 Å². The second kappa shape index (κ2) is 4.60. The predicted molar refractivity (Wildman–Crippen MR) is 78.0 cm³/mol. The summed E-state index contributed by atoms with van der Waals surface area (Å²) in [7, 11) is 0. The highest BCUT2D eigenvalue weighted by molar-refractivity contribution is 5.33. The van der Waals surface area contributed by atoms with Crippen LogP contribution in [0.5, 0.6) is 0 Å². The Hall–Kier alpha value is -0.860. The fourth-order valence-electron chi connectivity index (χ4n) is 4.24. The highest BCUT2D eigenvalue weighted by Gasteiger charge is 2.39. The third-order valence-electron chi connectivity index (χ3n) is 5.35. The van der Waals surface area contributed by atoms with Crippen LogP contribution in [0.2, 0.25) is 0 Å². The van der Waals surface area contributed by atoms with Gasteiger partial charge >= 0.3 is 0 Å². The first-order chi connectivity index (χ1) is 9.31. The molecule has 3 aliphatic rings. The summed E-state index contributed by atoms with van der Waals surface area (Å²) in [4.78, 5) is 2.75. The van der Waals surface area contributed by atoms with E-state index in [1.165, 1.54) is 38.5 Å². The molecule has 2 saturated heterocycles. The van der Waals surface area contributed by atoms with E-state index in [-0.39, 0.29) is 0 Å². The summed E-state index contributed by atoms with van der Waals surface area (Å²) in [6.07, 6.45) is 7.95. The van der Waals surface area contributed by atoms with E-state index in [9.17, 15) is 0 Å². The number of hydrogen-bond acceptors (Lipinski definition) is 2. The lowest BCUT2D eigenvalue weighted by Crippen LogP contribution is -2.46. The minimum Gasteiger partial charge on any atom is -0.328 e. The zero-order chi connectivity index (χ0) is 12.8. The Bertz CT molecular complexity index is 452. The number of rotatable bonds is 3. The van der Waals surface area contributed by atoms with Crippen LogP contribution in [-0.2, 0) is 6.54 Å². The maximum atomic E-state index is 6.17. The maximum absolute atomic E-state index is 6.17. The third-order valence-corrected chi connectivity index (χ3v) is 5.35. The van der Waals surface area contributed by atoms with Crippen LogP contribution < -0.4 is 5.73 Å². The summed E-state index contributed by atoms with van der Waals surface area (Å²) in [5, 5.41) is 0. The lowest BCUT2D eigenvalue weighted by Gasteiger charge is -2.38. The molecular weight excluding hydrogens is 232 g/mol. The molecule has 2 nitrogen and oxygen atoms in total. The predicted octanol–water partition coefficient (Wildman–Crippen LogP) is 3.02. The van der Waals surface area contributed by atoms with Crippen molar-refractivity contribution >= 4 is 0 Å². The van der Waals surface area contributed by atoms with Crippen molar-refractivity contribution in [3.63, 3.8) is 0 Å². The Morgan fingerprint density at radius 2 is 1.68 bits per heavy atom. The number of nitrogens with two attached hydrogens (primary N) is 1. The minimum absolute atomic E-state index is 0.451. The van der Waals surface area contributed by atoms with Gasteiger partial charge in [-0.25, -0.2) is 0 Å². The second-order valence-corrected chi connectivity index (χ2v) is 6.76. The standard InChI is InChI=1S/C17H24N2/c18-14-9-15-7-8-16(10-14)19(15)11-13-3-1-2-4-17(13)12-5-6-12/h1-4,12,14-16H,5-11,18H2. The van der Waals surface area contributed by atoms with Gasteiger partial charge in [-0.15, -0.1) is 0 Å². The van der Waals surface area contributed by atoms with Gasteiger partial charge in [0.2, 0.25) is 0 Å². The summed E-state index contributed by atoms with van der Waals surface area (Å²) in [5.74, 6) is 0.862. The minimum atomic E-state index is 0.451. The number of benzene rings is 1. The number of piperidine rings is 1. The van der Waals surface area contributed by atoms with Crippen LogP contribution in [0, 0.1) is 0 Å². The van der Waals surface area contributed by atoms with Gasteiger partial charge in [0.1, 0.15) is 0 Å². The van der Waals surface area contributed by atoms with Gasteiger partial charge in [-0.1, -0.05) is 24.3 Å². The van der Waals surface area contributed by atoms with E-state index in [1.54, 1.807) is 11.1 Å². The maximum Gasteiger partial charge on any atom is 0.0242 e. The molecule has 1 aromatic rings. The molecule has 4 rings (SSSR count). The fourth-order valence-corrected chi connectivity index (χ4v) is 4.24. The molecule has 2 N–H and O–H groups in total. The summed E-state index contributed by atoms with van der Waals surface area (Å²) in [6.45, 7) is 1.16. The van der Waals surface area contributed by atoms with Gasteiger partial charge in [-0.3, -0.25) is 4.90 Å². The van der Waals surface area contributed by atoms with E-state index >= 15 is 0 Å². The summed E-state index contributed by atoms with van der Waals surface area (Å²) < 4.78 is 0. The van der Waals surface area contributed by atoms with Gasteiger partial charge in [-0.05, 0) is 55.6 Å². The molecule has 19 heavy (non-hydrogen) atoms. The molecule has 0 radical (unpaired) electrons. The van der Waals surface area contributed by atoms with Crippen LogP contribution in [0.1, 0.15) is 55.6 Å². The van der Waals surface area contributed by atoms with Gasteiger partial charge in [0, 0.05) is 24.7 Å². The molecule has 1 aliphatic carbocycles. The highest BCUT2D eigenvalue weighted by atomic mass is 15.2. The normalized spacial score (nSPS) is 34.7. The van der Waals surface area contributed by atoms with Crippen molar-refractivity contribution in [1.29, 1.82) is 0 Å². The molecule has 1 aromatic carbocycles. The molecule has 1 saturated carbocycles. The average molecular weight is 256 g/mol. The van der Waals surface area contributed by atoms with Gasteiger partial charge in [0.15, 0.2) is 0 Å². The Kier molecular flexibility index (Phi) is 2.89. The summed E-state index contributed by atoms with van der Waals surface area (Å²) in [6, 6.07) is 11.1. The highest BCUT2D eigenvalue weighted by Crippen LogP contribution is 2.43. The third kappa shape index (κ3) is 2.21. The van der Waals surface area contributed by atoms with Crippen molar-refractivity contribution < 1.29 is 0 Å². The Morgan fingerprint density at radius 1 is 1.00 bits per heavy atom. The Labute approximate surface area is 116 Å². The van der Waals surface area contributed by atoms with Gasteiger partial charge in [-0.2, -0.15) is 0 Å². The molecule has 2 bridgehead atoms. The zero-order valence-electron chi connectivity index (χ0n) is 11.6. The first kappa shape index (κ1) is 11.9. The molecule has 2 aliphatic heterocycles. The van der Waals surface area contributed by atoms with E-state index in [1.807, 2.05) is 0 Å². The molecule has 2 heterocycles. The van der Waals surface area contributed by atoms with Gasteiger partial charge < -0.3 is 5.73 Å². The Balaban J connectivity index is 1.55. The van der Waals surface area contributed by atoms with Crippen LogP contribution in [0.25, 0.3) is 0 Å². The van der Waals surface area contributed by atoms with Crippen molar-refractivity contribution in [3.05, 3.63) is 35.4 Å². The molecule has 2 atom stereocenters. The molecule has 3 fully saturated rings. The van der Waals surface area contributed by atoms with Crippen molar-refractivity contribution in [1.82, 2.24) is 4.90 Å².